The van der Waals surface area contributed by atoms with Crippen LogP contribution in [0.3, 0.4) is 0 Å². The Morgan fingerprint density at radius 1 is 1.26 bits per heavy atom. The fraction of sp³-hybridized carbons (Fsp3) is 0.529. The first-order valence-electron chi connectivity index (χ1n) is 8.28. The Balaban J connectivity index is 0.00000156. The van der Waals surface area contributed by atoms with Crippen LogP contribution in [-0.2, 0) is 6.54 Å². The molecule has 0 spiro atoms. The third-order valence-corrected chi connectivity index (χ3v) is 4.97. The van der Waals surface area contributed by atoms with Crippen molar-refractivity contribution in [2.45, 2.75) is 32.2 Å². The molecule has 0 radical (unpaired) electrons. The summed E-state index contributed by atoms with van der Waals surface area (Å²) >= 11 is 0. The van der Waals surface area contributed by atoms with Crippen molar-refractivity contribution in [3.63, 3.8) is 0 Å². The van der Waals surface area contributed by atoms with Gasteiger partial charge in [0.1, 0.15) is 11.3 Å². The number of hydrogen-bond donors (Lipinski definition) is 1. The summed E-state index contributed by atoms with van der Waals surface area (Å²) in [6.45, 7) is 3.85. The SMILES string of the molecule is Cl.O=C1c2cnc3cccc(n23)CN1CCCC1CCNCC1. The van der Waals surface area contributed by atoms with E-state index in [2.05, 4.69) is 16.4 Å². The summed E-state index contributed by atoms with van der Waals surface area (Å²) in [6.07, 6.45) is 6.59. The Kier molecular flexibility index (Phi) is 4.87. The Morgan fingerprint density at radius 3 is 2.91 bits per heavy atom. The number of nitrogens with zero attached hydrogens (tertiary/aromatic N) is 3. The predicted octanol–water partition coefficient (Wildman–Crippen LogP) is 2.49. The first-order valence-corrected chi connectivity index (χ1v) is 8.28. The topological polar surface area (TPSA) is 49.6 Å². The van der Waals surface area contributed by atoms with Crippen LogP contribution in [0.2, 0.25) is 0 Å². The van der Waals surface area contributed by atoms with Crippen molar-refractivity contribution >= 4 is 24.0 Å². The second-order valence-electron chi connectivity index (χ2n) is 6.42. The zero-order valence-corrected chi connectivity index (χ0v) is 14.0. The molecule has 23 heavy (non-hydrogen) atoms. The molecule has 0 aliphatic carbocycles. The smallest absolute Gasteiger partial charge is 0.272 e. The minimum absolute atomic E-state index is 0. The molecule has 0 saturated carbocycles. The highest BCUT2D eigenvalue weighted by molar-refractivity contribution is 5.94. The summed E-state index contributed by atoms with van der Waals surface area (Å²) in [5.74, 6) is 0.951. The van der Waals surface area contributed by atoms with Gasteiger partial charge in [0, 0.05) is 12.2 Å². The Morgan fingerprint density at radius 2 is 2.09 bits per heavy atom. The highest BCUT2D eigenvalue weighted by Crippen LogP contribution is 2.22. The van der Waals surface area contributed by atoms with Gasteiger partial charge >= 0.3 is 0 Å². The Bertz CT molecular complexity index is 693. The number of rotatable bonds is 4. The summed E-state index contributed by atoms with van der Waals surface area (Å²) in [5, 5.41) is 3.41. The van der Waals surface area contributed by atoms with Gasteiger partial charge in [0.25, 0.3) is 5.91 Å². The van der Waals surface area contributed by atoms with Crippen molar-refractivity contribution in [2.24, 2.45) is 5.92 Å². The van der Waals surface area contributed by atoms with Gasteiger partial charge in [-0.25, -0.2) is 4.98 Å². The molecule has 1 saturated heterocycles. The number of nitrogens with one attached hydrogen (secondary N) is 1. The molecule has 124 valence electrons. The van der Waals surface area contributed by atoms with Gasteiger partial charge in [-0.15, -0.1) is 12.4 Å². The fourth-order valence-electron chi connectivity index (χ4n) is 3.73. The molecular formula is C17H23ClN4O. The number of amides is 1. The maximum Gasteiger partial charge on any atom is 0.272 e. The number of carbonyl (C=O) groups excluding carboxylic acids is 1. The van der Waals surface area contributed by atoms with Gasteiger partial charge in [-0.2, -0.15) is 0 Å². The lowest BCUT2D eigenvalue weighted by atomic mass is 9.93. The van der Waals surface area contributed by atoms with Gasteiger partial charge in [0.05, 0.1) is 12.7 Å². The summed E-state index contributed by atoms with van der Waals surface area (Å²) in [4.78, 5) is 18.9. The molecule has 0 unspecified atom stereocenters. The van der Waals surface area contributed by atoms with Crippen molar-refractivity contribution in [3.8, 4) is 0 Å². The lowest BCUT2D eigenvalue weighted by molar-refractivity contribution is 0.0708. The Hall–Kier alpha value is -1.59. The summed E-state index contributed by atoms with van der Waals surface area (Å²) in [6, 6.07) is 6.06. The van der Waals surface area contributed by atoms with Crippen LogP contribution in [0.15, 0.2) is 24.4 Å². The van der Waals surface area contributed by atoms with Gasteiger partial charge in [0.15, 0.2) is 0 Å². The first-order chi connectivity index (χ1) is 10.8. The zero-order chi connectivity index (χ0) is 14.9. The molecule has 2 aliphatic rings. The average Bonchev–Trinajstić information content (AvgIpc) is 2.99. The number of pyridine rings is 1. The third kappa shape index (κ3) is 3.08. The highest BCUT2D eigenvalue weighted by Gasteiger charge is 2.26. The van der Waals surface area contributed by atoms with Crippen LogP contribution in [-0.4, -0.2) is 39.8 Å². The van der Waals surface area contributed by atoms with E-state index in [1.807, 2.05) is 21.4 Å². The minimum atomic E-state index is 0. The summed E-state index contributed by atoms with van der Waals surface area (Å²) in [7, 11) is 0. The van der Waals surface area contributed by atoms with Crippen molar-refractivity contribution in [1.82, 2.24) is 19.6 Å². The number of imidazole rings is 1. The second-order valence-corrected chi connectivity index (χ2v) is 6.42. The maximum absolute atomic E-state index is 12.6. The molecule has 5 nitrogen and oxygen atoms in total. The number of aromatic nitrogens is 2. The van der Waals surface area contributed by atoms with Gasteiger partial charge in [-0.1, -0.05) is 6.07 Å². The number of piperidine rings is 1. The zero-order valence-electron chi connectivity index (χ0n) is 13.2. The van der Waals surface area contributed by atoms with E-state index < -0.39 is 0 Å². The fourth-order valence-corrected chi connectivity index (χ4v) is 3.73. The van der Waals surface area contributed by atoms with Gasteiger partial charge in [0.2, 0.25) is 0 Å². The predicted molar refractivity (Wildman–Crippen MR) is 92.0 cm³/mol. The minimum Gasteiger partial charge on any atom is -0.331 e. The van der Waals surface area contributed by atoms with Crippen molar-refractivity contribution < 1.29 is 4.79 Å². The standard InChI is InChI=1S/C17H22N4O.ClH/c22-17-15-11-19-16-5-1-4-14(21(15)16)12-20(17)10-2-3-13-6-8-18-9-7-13;/h1,4-5,11,13,18H,2-3,6-10,12H2;1H. The normalized spacial score (nSPS) is 18.3. The molecular weight excluding hydrogens is 312 g/mol. The van der Waals surface area contributed by atoms with Gasteiger partial charge < -0.3 is 10.2 Å². The van der Waals surface area contributed by atoms with Gasteiger partial charge in [-0.05, 0) is 56.8 Å². The quantitative estimate of drug-likeness (QED) is 0.934. The second kappa shape index (κ2) is 6.89. The van der Waals surface area contributed by atoms with Crippen LogP contribution in [0, 0.1) is 5.92 Å². The molecule has 4 heterocycles. The van der Waals surface area contributed by atoms with Crippen LogP contribution in [0.5, 0.6) is 0 Å². The molecule has 6 heteroatoms. The molecule has 2 aromatic rings. The first kappa shape index (κ1) is 16.3. The van der Waals surface area contributed by atoms with Crippen molar-refractivity contribution in [1.29, 1.82) is 0 Å². The van der Waals surface area contributed by atoms with E-state index >= 15 is 0 Å². The van der Waals surface area contributed by atoms with Crippen LogP contribution >= 0.6 is 12.4 Å². The average molecular weight is 335 g/mol. The summed E-state index contributed by atoms with van der Waals surface area (Å²) in [5.41, 5.74) is 2.74. The van der Waals surface area contributed by atoms with Gasteiger partial charge in [-0.3, -0.25) is 9.20 Å². The summed E-state index contributed by atoms with van der Waals surface area (Å²) < 4.78 is 1.99. The van der Waals surface area contributed by atoms with E-state index in [1.165, 1.54) is 19.3 Å². The molecule has 1 fully saturated rings. The monoisotopic (exact) mass is 334 g/mol. The van der Waals surface area contributed by atoms with Crippen LogP contribution in [0.1, 0.15) is 41.9 Å². The van der Waals surface area contributed by atoms with E-state index in [9.17, 15) is 4.79 Å². The third-order valence-electron chi connectivity index (χ3n) is 4.97. The van der Waals surface area contributed by atoms with Crippen LogP contribution in [0.25, 0.3) is 5.65 Å². The molecule has 4 rings (SSSR count). The lowest BCUT2D eigenvalue weighted by Gasteiger charge is -2.29. The maximum atomic E-state index is 12.6. The lowest BCUT2D eigenvalue weighted by Crippen LogP contribution is -2.37. The largest absolute Gasteiger partial charge is 0.331 e. The van der Waals surface area contributed by atoms with E-state index in [4.69, 9.17) is 0 Å². The molecule has 0 aromatic carbocycles. The van der Waals surface area contributed by atoms with Crippen LogP contribution in [0.4, 0.5) is 0 Å². The van der Waals surface area contributed by atoms with E-state index in [0.29, 0.717) is 12.2 Å². The van der Waals surface area contributed by atoms with E-state index in [1.54, 1.807) is 6.20 Å². The number of halogens is 1. The van der Waals surface area contributed by atoms with Crippen LogP contribution < -0.4 is 5.32 Å². The molecule has 0 atom stereocenters. The number of hydrogen-bond acceptors (Lipinski definition) is 3. The molecule has 2 aromatic heterocycles. The molecule has 1 amide bonds. The van der Waals surface area contributed by atoms with Crippen molar-refractivity contribution in [2.75, 3.05) is 19.6 Å². The number of carbonyl (C=O) groups is 1. The van der Waals surface area contributed by atoms with Crippen molar-refractivity contribution in [3.05, 3.63) is 35.8 Å². The van der Waals surface area contributed by atoms with E-state index in [0.717, 1.165) is 43.3 Å². The molecule has 2 aliphatic heterocycles. The molecule has 1 N–H and O–H groups in total. The van der Waals surface area contributed by atoms with E-state index in [-0.39, 0.29) is 18.3 Å². The molecule has 0 bridgehead atoms. The Labute approximate surface area is 142 Å². The highest BCUT2D eigenvalue weighted by atomic mass is 35.5.